The summed E-state index contributed by atoms with van der Waals surface area (Å²) >= 11 is 6.11. The van der Waals surface area contributed by atoms with Gasteiger partial charge >= 0.3 is 5.97 Å². The van der Waals surface area contributed by atoms with E-state index < -0.39 is 15.8 Å². The average Bonchev–Trinajstić information content (AvgIpc) is 2.58. The molecule has 0 radical (unpaired) electrons. The van der Waals surface area contributed by atoms with Crippen LogP contribution < -0.4 is 5.32 Å². The first-order valence-electron chi connectivity index (χ1n) is 7.88. The van der Waals surface area contributed by atoms with E-state index in [1.54, 1.807) is 25.1 Å². The Kier molecular flexibility index (Phi) is 6.45. The van der Waals surface area contributed by atoms with Gasteiger partial charge in [-0.1, -0.05) is 42.8 Å². The number of halogens is 1. The molecule has 0 atom stereocenters. The number of carboxylic acid groups (broad SMARTS) is 1. The van der Waals surface area contributed by atoms with Gasteiger partial charge < -0.3 is 10.4 Å². The molecule has 0 spiro atoms. The molecule has 0 aliphatic carbocycles. The molecule has 0 aliphatic rings. The highest BCUT2D eigenvalue weighted by Crippen LogP contribution is 2.27. The van der Waals surface area contributed by atoms with Crippen LogP contribution in [0, 0.1) is 0 Å². The number of carbonyl (C=O) groups is 1. The minimum Gasteiger partial charge on any atom is -0.481 e. The molecule has 0 amide bonds. The fourth-order valence-corrected chi connectivity index (χ4v) is 4.21. The number of hydrogen-bond acceptors (Lipinski definition) is 4. The van der Waals surface area contributed by atoms with Crippen LogP contribution >= 0.6 is 11.6 Å². The zero-order valence-corrected chi connectivity index (χ0v) is 15.4. The Morgan fingerprint density at radius 3 is 2.60 bits per heavy atom. The zero-order chi connectivity index (χ0) is 18.4. The fraction of sp³-hybridized carbons (Fsp3) is 0.278. The normalized spacial score (nSPS) is 11.3. The number of nitrogens with one attached hydrogen (secondary N) is 1. The summed E-state index contributed by atoms with van der Waals surface area (Å²) in [5.74, 6) is -0.860. The van der Waals surface area contributed by atoms with Crippen molar-refractivity contribution in [3.05, 3.63) is 58.6 Å². The number of sulfone groups is 1. The third-order valence-corrected chi connectivity index (χ3v) is 6.07. The highest BCUT2D eigenvalue weighted by molar-refractivity contribution is 7.91. The molecule has 5 nitrogen and oxygen atoms in total. The standard InChI is InChI=1S/C18H20ClNO4S/c1-2-25(23,24)18-14(6-4-8-16(18)19)12-20-15-7-3-5-13(11-15)9-10-17(21)22/h3-8,11,20H,2,9-10,12H2,1H3,(H,21,22). The van der Waals surface area contributed by atoms with E-state index in [0.29, 0.717) is 18.5 Å². The molecule has 0 bridgehead atoms. The number of hydrogen-bond donors (Lipinski definition) is 2. The molecule has 2 N–H and O–H groups in total. The second kappa shape index (κ2) is 8.36. The minimum absolute atomic E-state index is 0.0194. The molecule has 0 heterocycles. The molecule has 2 aromatic rings. The Bertz CT molecular complexity index is 865. The van der Waals surface area contributed by atoms with Crippen molar-refractivity contribution in [3.8, 4) is 0 Å². The second-order valence-corrected chi connectivity index (χ2v) is 8.20. The molecule has 0 saturated heterocycles. The van der Waals surface area contributed by atoms with Gasteiger partial charge in [0.1, 0.15) is 0 Å². The van der Waals surface area contributed by atoms with Crippen molar-refractivity contribution < 1.29 is 18.3 Å². The SMILES string of the molecule is CCS(=O)(=O)c1c(Cl)cccc1CNc1cccc(CCC(=O)O)c1. The Morgan fingerprint density at radius 1 is 1.20 bits per heavy atom. The summed E-state index contributed by atoms with van der Waals surface area (Å²) in [4.78, 5) is 10.8. The van der Waals surface area contributed by atoms with Crippen LogP contribution in [0.3, 0.4) is 0 Å². The molecule has 134 valence electrons. The first-order valence-corrected chi connectivity index (χ1v) is 9.91. The van der Waals surface area contributed by atoms with Gasteiger partial charge in [0, 0.05) is 18.7 Å². The van der Waals surface area contributed by atoms with Crippen molar-refractivity contribution in [2.75, 3.05) is 11.1 Å². The largest absolute Gasteiger partial charge is 0.481 e. The van der Waals surface area contributed by atoms with Gasteiger partial charge in [0.25, 0.3) is 0 Å². The Labute approximate surface area is 152 Å². The topological polar surface area (TPSA) is 83.5 Å². The monoisotopic (exact) mass is 381 g/mol. The van der Waals surface area contributed by atoms with Gasteiger partial charge in [-0.2, -0.15) is 0 Å². The van der Waals surface area contributed by atoms with Crippen molar-refractivity contribution in [1.82, 2.24) is 0 Å². The molecular formula is C18H20ClNO4S. The van der Waals surface area contributed by atoms with Crippen molar-refractivity contribution in [2.45, 2.75) is 31.2 Å². The summed E-state index contributed by atoms with van der Waals surface area (Å²) in [6.45, 7) is 1.89. The van der Waals surface area contributed by atoms with Crippen molar-refractivity contribution >= 4 is 33.1 Å². The number of aryl methyl sites for hydroxylation is 1. The highest BCUT2D eigenvalue weighted by atomic mass is 35.5. The lowest BCUT2D eigenvalue weighted by Crippen LogP contribution is -2.11. The maximum atomic E-state index is 12.3. The smallest absolute Gasteiger partial charge is 0.303 e. The molecule has 0 aliphatic heterocycles. The van der Waals surface area contributed by atoms with Gasteiger partial charge in [-0.3, -0.25) is 4.79 Å². The summed E-state index contributed by atoms with van der Waals surface area (Å²) in [6.07, 6.45) is 0.508. The van der Waals surface area contributed by atoms with Gasteiger partial charge in [0.2, 0.25) is 0 Å². The lowest BCUT2D eigenvalue weighted by atomic mass is 10.1. The van der Waals surface area contributed by atoms with E-state index >= 15 is 0 Å². The van der Waals surface area contributed by atoms with Crippen LogP contribution in [0.2, 0.25) is 5.02 Å². The second-order valence-electron chi connectivity index (χ2n) is 5.58. The predicted octanol–water partition coefficient (Wildman–Crippen LogP) is 3.76. The molecule has 7 heteroatoms. The maximum Gasteiger partial charge on any atom is 0.303 e. The van der Waals surface area contributed by atoms with Crippen LogP contribution in [0.25, 0.3) is 0 Å². The van der Waals surface area contributed by atoms with Gasteiger partial charge in [-0.25, -0.2) is 8.42 Å². The molecule has 0 fully saturated rings. The summed E-state index contributed by atoms with van der Waals surface area (Å²) in [5.41, 5.74) is 2.30. The van der Waals surface area contributed by atoms with Gasteiger partial charge in [-0.05, 0) is 35.7 Å². The first kappa shape index (κ1) is 19.3. The van der Waals surface area contributed by atoms with Crippen LogP contribution in [0.4, 0.5) is 5.69 Å². The summed E-state index contributed by atoms with van der Waals surface area (Å²) in [5, 5.41) is 12.2. The molecule has 0 unspecified atom stereocenters. The van der Waals surface area contributed by atoms with Gasteiger partial charge in [-0.15, -0.1) is 0 Å². The van der Waals surface area contributed by atoms with Crippen LogP contribution in [-0.4, -0.2) is 25.2 Å². The molecule has 25 heavy (non-hydrogen) atoms. The lowest BCUT2D eigenvalue weighted by Gasteiger charge is -2.13. The molecule has 2 aromatic carbocycles. The van der Waals surface area contributed by atoms with Crippen LogP contribution in [0.5, 0.6) is 0 Å². The Hall–Kier alpha value is -2.05. The van der Waals surface area contributed by atoms with E-state index in [9.17, 15) is 13.2 Å². The third kappa shape index (κ3) is 5.21. The van der Waals surface area contributed by atoms with E-state index in [2.05, 4.69) is 5.32 Å². The number of benzene rings is 2. The van der Waals surface area contributed by atoms with E-state index in [-0.39, 0.29) is 22.1 Å². The van der Waals surface area contributed by atoms with E-state index in [1.807, 2.05) is 24.3 Å². The van der Waals surface area contributed by atoms with Crippen molar-refractivity contribution in [2.24, 2.45) is 0 Å². The van der Waals surface area contributed by atoms with E-state index in [1.165, 1.54) is 0 Å². The highest BCUT2D eigenvalue weighted by Gasteiger charge is 2.20. The quantitative estimate of drug-likeness (QED) is 0.727. The molecular weight excluding hydrogens is 362 g/mol. The number of anilines is 1. The van der Waals surface area contributed by atoms with E-state index in [4.69, 9.17) is 16.7 Å². The molecule has 0 saturated carbocycles. The van der Waals surface area contributed by atoms with Gasteiger partial charge in [0.05, 0.1) is 15.7 Å². The Balaban J connectivity index is 2.19. The first-order chi connectivity index (χ1) is 11.8. The maximum absolute atomic E-state index is 12.3. The van der Waals surface area contributed by atoms with E-state index in [0.717, 1.165) is 11.3 Å². The molecule has 0 aromatic heterocycles. The van der Waals surface area contributed by atoms with Crippen LogP contribution in [0.15, 0.2) is 47.4 Å². The minimum atomic E-state index is -3.43. The van der Waals surface area contributed by atoms with Crippen LogP contribution in [0.1, 0.15) is 24.5 Å². The summed E-state index contributed by atoms with van der Waals surface area (Å²) < 4.78 is 24.6. The van der Waals surface area contributed by atoms with Gasteiger partial charge in [0.15, 0.2) is 9.84 Å². The number of aliphatic carboxylic acids is 1. The number of carboxylic acids is 1. The van der Waals surface area contributed by atoms with Crippen molar-refractivity contribution in [1.29, 1.82) is 0 Å². The lowest BCUT2D eigenvalue weighted by molar-refractivity contribution is -0.136. The fourth-order valence-electron chi connectivity index (χ4n) is 2.47. The number of rotatable bonds is 8. The summed E-state index contributed by atoms with van der Waals surface area (Å²) in [6, 6.07) is 12.4. The summed E-state index contributed by atoms with van der Waals surface area (Å²) in [7, 11) is -3.43. The predicted molar refractivity (Wildman–Crippen MR) is 98.9 cm³/mol. The Morgan fingerprint density at radius 2 is 1.92 bits per heavy atom. The zero-order valence-electron chi connectivity index (χ0n) is 13.8. The molecule has 2 rings (SSSR count). The third-order valence-electron chi connectivity index (χ3n) is 3.78. The van der Waals surface area contributed by atoms with Crippen molar-refractivity contribution in [3.63, 3.8) is 0 Å². The average molecular weight is 382 g/mol. The van der Waals surface area contributed by atoms with Crippen LogP contribution in [-0.2, 0) is 27.6 Å².